The fraction of sp³-hybridized carbons (Fsp3) is 0.621. The number of hydrogen-bond donors (Lipinski definition) is 2. The van der Waals surface area contributed by atoms with E-state index in [1.807, 2.05) is 6.08 Å². The van der Waals surface area contributed by atoms with Gasteiger partial charge in [-0.3, -0.25) is 4.79 Å². The van der Waals surface area contributed by atoms with Crippen molar-refractivity contribution in [2.45, 2.75) is 89.8 Å². The van der Waals surface area contributed by atoms with Crippen LogP contribution in [0.4, 0.5) is 0 Å². The summed E-state index contributed by atoms with van der Waals surface area (Å²) in [5.74, 6) is 0.102. The molecule has 0 spiro atoms. The number of carboxylic acid groups (broad SMARTS) is 1. The van der Waals surface area contributed by atoms with Crippen molar-refractivity contribution in [3.63, 3.8) is 0 Å². The third kappa shape index (κ3) is 7.55. The molecule has 0 unspecified atom stereocenters. The molecule has 1 aliphatic heterocycles. The van der Waals surface area contributed by atoms with E-state index in [0.717, 1.165) is 58.0 Å². The van der Waals surface area contributed by atoms with Gasteiger partial charge in [0.25, 0.3) is 0 Å². The molecule has 0 radical (unpaired) electrons. The highest BCUT2D eigenvalue weighted by Gasteiger charge is 2.56. The van der Waals surface area contributed by atoms with Crippen LogP contribution in [-0.2, 0) is 16.0 Å². The summed E-state index contributed by atoms with van der Waals surface area (Å²) in [6, 6.07) is 10.7. The number of aliphatic carboxylic acids is 1. The number of hydrogen-bond acceptors (Lipinski definition) is 3. The number of benzene rings is 1. The Kier molecular flexibility index (Phi) is 10.2. The molecule has 2 N–H and O–H groups in total. The molecule has 0 aromatic heterocycles. The average molecular weight is 455 g/mol. The standard InChI is InChI=1S/C29H42O4/c1-2-3-7-14-24(30)17-18-25-26(15-10-4-5-11-16-28(31)32)29(21-27(25)33-22-29)20-19-23-12-8-6-9-13-23/h4,6,8-10,12-13,17-18,24-27,30H,2-3,5,7,11,14-16,19-22H2,1H3,(H,31,32)/t24-,25-,26-,27-,29-/m1/s1. The van der Waals surface area contributed by atoms with Crippen LogP contribution in [0.2, 0.25) is 0 Å². The van der Waals surface area contributed by atoms with E-state index in [1.54, 1.807) is 0 Å². The van der Waals surface area contributed by atoms with Gasteiger partial charge in [-0.15, -0.1) is 0 Å². The van der Waals surface area contributed by atoms with E-state index in [-0.39, 0.29) is 24.0 Å². The van der Waals surface area contributed by atoms with Crippen LogP contribution in [-0.4, -0.2) is 35.0 Å². The first-order valence-electron chi connectivity index (χ1n) is 12.9. The lowest BCUT2D eigenvalue weighted by molar-refractivity contribution is -0.137. The number of carbonyl (C=O) groups is 1. The summed E-state index contributed by atoms with van der Waals surface area (Å²) in [5.41, 5.74) is 1.55. The molecule has 1 aromatic rings. The van der Waals surface area contributed by atoms with Gasteiger partial charge < -0.3 is 14.9 Å². The summed E-state index contributed by atoms with van der Waals surface area (Å²) in [7, 11) is 0. The van der Waals surface area contributed by atoms with Crippen molar-refractivity contribution in [1.29, 1.82) is 0 Å². The number of aryl methyl sites for hydroxylation is 1. The molecule has 2 aliphatic rings. The van der Waals surface area contributed by atoms with Crippen molar-refractivity contribution < 1.29 is 19.7 Å². The van der Waals surface area contributed by atoms with Gasteiger partial charge >= 0.3 is 5.97 Å². The molecular formula is C29H42O4. The Morgan fingerprint density at radius 3 is 2.79 bits per heavy atom. The number of rotatable bonds is 15. The first kappa shape index (κ1) is 25.7. The highest BCUT2D eigenvalue weighted by atomic mass is 16.5. The fourth-order valence-electron chi connectivity index (χ4n) is 5.72. The van der Waals surface area contributed by atoms with Gasteiger partial charge in [0.15, 0.2) is 0 Å². The van der Waals surface area contributed by atoms with Gasteiger partial charge in [0.05, 0.1) is 18.8 Å². The second-order valence-electron chi connectivity index (χ2n) is 10.0. The quantitative estimate of drug-likeness (QED) is 0.240. The summed E-state index contributed by atoms with van der Waals surface area (Å²) < 4.78 is 6.27. The highest BCUT2D eigenvalue weighted by Crippen LogP contribution is 2.58. The van der Waals surface area contributed by atoms with E-state index in [0.29, 0.717) is 18.3 Å². The monoisotopic (exact) mass is 454 g/mol. The van der Waals surface area contributed by atoms with Gasteiger partial charge in [-0.2, -0.15) is 0 Å². The average Bonchev–Trinajstić information content (AvgIpc) is 3.36. The van der Waals surface area contributed by atoms with E-state index < -0.39 is 5.97 Å². The van der Waals surface area contributed by atoms with Crippen LogP contribution < -0.4 is 0 Å². The Hall–Kier alpha value is -1.91. The molecule has 4 heteroatoms. The van der Waals surface area contributed by atoms with Gasteiger partial charge in [-0.1, -0.05) is 80.8 Å². The topological polar surface area (TPSA) is 66.8 Å². The van der Waals surface area contributed by atoms with E-state index in [9.17, 15) is 9.90 Å². The zero-order valence-electron chi connectivity index (χ0n) is 20.2. The molecule has 1 heterocycles. The molecule has 2 fully saturated rings. The van der Waals surface area contributed by atoms with Crippen molar-refractivity contribution >= 4 is 5.97 Å². The SMILES string of the molecule is CCCCC[C@@H](O)C=C[C@@H]1[C@@H](CC=CCCCC(=O)O)[C@@]2(CCc3ccccc3)CO[C@@H]1C2. The van der Waals surface area contributed by atoms with Crippen LogP contribution >= 0.6 is 0 Å². The number of carboxylic acids is 1. The Bertz CT molecular complexity index is 771. The van der Waals surface area contributed by atoms with E-state index in [2.05, 4.69) is 55.5 Å². The number of ether oxygens (including phenoxy) is 1. The molecule has 1 aliphatic carbocycles. The molecule has 33 heavy (non-hydrogen) atoms. The Labute approximate surface area is 199 Å². The summed E-state index contributed by atoms with van der Waals surface area (Å²) in [4.78, 5) is 10.7. The molecular weight excluding hydrogens is 412 g/mol. The Morgan fingerprint density at radius 2 is 2.03 bits per heavy atom. The number of aliphatic hydroxyl groups excluding tert-OH is 1. The minimum atomic E-state index is -0.726. The minimum absolute atomic E-state index is 0.175. The lowest BCUT2D eigenvalue weighted by Gasteiger charge is -2.38. The molecule has 0 amide bonds. The lowest BCUT2D eigenvalue weighted by atomic mass is 9.70. The Morgan fingerprint density at radius 1 is 1.21 bits per heavy atom. The van der Waals surface area contributed by atoms with Crippen molar-refractivity contribution in [3.05, 3.63) is 60.2 Å². The molecule has 3 rings (SSSR count). The fourth-order valence-corrected chi connectivity index (χ4v) is 5.72. The van der Waals surface area contributed by atoms with Crippen LogP contribution in [0.1, 0.15) is 76.7 Å². The van der Waals surface area contributed by atoms with Crippen molar-refractivity contribution in [2.24, 2.45) is 17.3 Å². The number of aliphatic hydroxyl groups is 1. The Balaban J connectivity index is 1.65. The minimum Gasteiger partial charge on any atom is -0.481 e. The van der Waals surface area contributed by atoms with Gasteiger partial charge in [0.2, 0.25) is 0 Å². The third-order valence-corrected chi connectivity index (χ3v) is 7.60. The highest BCUT2D eigenvalue weighted by molar-refractivity contribution is 5.66. The molecule has 5 atom stereocenters. The second-order valence-corrected chi connectivity index (χ2v) is 10.0. The smallest absolute Gasteiger partial charge is 0.303 e. The lowest BCUT2D eigenvalue weighted by Crippen LogP contribution is -2.36. The predicted octanol–water partition coefficient (Wildman–Crippen LogP) is 6.34. The first-order valence-corrected chi connectivity index (χ1v) is 12.9. The van der Waals surface area contributed by atoms with Crippen LogP contribution in [0, 0.1) is 17.3 Å². The van der Waals surface area contributed by atoms with E-state index in [4.69, 9.17) is 9.84 Å². The van der Waals surface area contributed by atoms with Gasteiger partial charge in [-0.05, 0) is 56.4 Å². The van der Waals surface area contributed by atoms with E-state index >= 15 is 0 Å². The van der Waals surface area contributed by atoms with Crippen LogP contribution in [0.25, 0.3) is 0 Å². The van der Waals surface area contributed by atoms with Crippen LogP contribution in [0.5, 0.6) is 0 Å². The van der Waals surface area contributed by atoms with Crippen LogP contribution in [0.3, 0.4) is 0 Å². The molecule has 1 aromatic carbocycles. The molecule has 1 saturated heterocycles. The van der Waals surface area contributed by atoms with Crippen LogP contribution in [0.15, 0.2) is 54.6 Å². The number of allylic oxidation sites excluding steroid dienone is 2. The second kappa shape index (κ2) is 13.1. The number of unbranched alkanes of at least 4 members (excludes halogenated alkanes) is 3. The summed E-state index contributed by atoms with van der Waals surface area (Å²) in [6.45, 7) is 3.01. The van der Waals surface area contributed by atoms with Crippen molar-refractivity contribution in [3.8, 4) is 0 Å². The molecule has 2 bridgehead atoms. The van der Waals surface area contributed by atoms with Crippen molar-refractivity contribution in [1.82, 2.24) is 0 Å². The van der Waals surface area contributed by atoms with Crippen molar-refractivity contribution in [2.75, 3.05) is 6.61 Å². The van der Waals surface area contributed by atoms with E-state index in [1.165, 1.54) is 12.0 Å². The molecule has 1 saturated carbocycles. The maximum Gasteiger partial charge on any atom is 0.303 e. The molecule has 182 valence electrons. The zero-order valence-corrected chi connectivity index (χ0v) is 20.2. The zero-order chi connectivity index (χ0) is 23.5. The van der Waals surface area contributed by atoms with Gasteiger partial charge in [0.1, 0.15) is 0 Å². The van der Waals surface area contributed by atoms with Gasteiger partial charge in [0, 0.05) is 17.8 Å². The molecule has 4 nitrogen and oxygen atoms in total. The predicted molar refractivity (Wildman–Crippen MR) is 133 cm³/mol. The summed E-state index contributed by atoms with van der Waals surface area (Å²) >= 11 is 0. The number of fused-ring (bicyclic) bond motifs is 2. The third-order valence-electron chi connectivity index (χ3n) is 7.60. The first-order chi connectivity index (χ1) is 16.0. The normalized spacial score (nSPS) is 27.6. The maximum absolute atomic E-state index is 10.7. The maximum atomic E-state index is 10.7. The van der Waals surface area contributed by atoms with Gasteiger partial charge in [-0.25, -0.2) is 0 Å². The summed E-state index contributed by atoms with van der Waals surface area (Å²) in [6.07, 6.45) is 18.8. The summed E-state index contributed by atoms with van der Waals surface area (Å²) in [5, 5.41) is 19.3. The largest absolute Gasteiger partial charge is 0.481 e.